The van der Waals surface area contributed by atoms with E-state index in [4.69, 9.17) is 5.26 Å². The number of hydrogen-bond acceptors (Lipinski definition) is 4. The van der Waals surface area contributed by atoms with E-state index in [0.717, 1.165) is 5.56 Å². The Balaban J connectivity index is 2.07. The van der Waals surface area contributed by atoms with Crippen LogP contribution in [-0.4, -0.2) is 24.4 Å². The molecule has 0 unspecified atom stereocenters. The molecule has 2 aromatic rings. The third kappa shape index (κ3) is 3.38. The van der Waals surface area contributed by atoms with E-state index in [0.29, 0.717) is 16.8 Å². The molecule has 144 valence electrons. The Morgan fingerprint density at radius 1 is 1.43 bits per heavy atom. The molecule has 0 spiro atoms. The van der Waals surface area contributed by atoms with Gasteiger partial charge in [-0.25, -0.2) is 8.42 Å². The van der Waals surface area contributed by atoms with Gasteiger partial charge in [0.1, 0.15) is 10.6 Å². The number of carbonyl (C=O) groups is 1. The number of aromatic nitrogens is 1. The predicted octanol–water partition coefficient (Wildman–Crippen LogP) is 2.71. The Labute approximate surface area is 164 Å². The van der Waals surface area contributed by atoms with Crippen molar-refractivity contribution < 1.29 is 13.2 Å². The van der Waals surface area contributed by atoms with Gasteiger partial charge in [-0.05, 0) is 31.5 Å². The fourth-order valence-corrected chi connectivity index (χ4v) is 4.62. The number of nitriles is 1. The highest BCUT2D eigenvalue weighted by atomic mass is 32.2. The topological polar surface area (TPSA) is 104 Å². The summed E-state index contributed by atoms with van der Waals surface area (Å²) in [6.07, 6.45) is 6.16. The molecule has 1 aliphatic rings. The van der Waals surface area contributed by atoms with Gasteiger partial charge in [-0.15, -0.1) is 6.58 Å². The predicted molar refractivity (Wildman–Crippen MR) is 107 cm³/mol. The number of amides is 1. The van der Waals surface area contributed by atoms with Crippen LogP contribution in [0.25, 0.3) is 6.08 Å². The molecule has 0 fully saturated rings. The molecule has 1 atom stereocenters. The van der Waals surface area contributed by atoms with Crippen LogP contribution in [0.5, 0.6) is 0 Å². The SMILES string of the molecule is C=C[C@]1(C)C=Cc2c(cn(C)c2C(=O)Nc2ccc(C)c(C#N)c2)S(=O)(=O)N1. The molecule has 8 heteroatoms. The number of fused-ring (bicyclic) bond motifs is 1. The van der Waals surface area contributed by atoms with E-state index in [-0.39, 0.29) is 10.6 Å². The summed E-state index contributed by atoms with van der Waals surface area (Å²) < 4.78 is 29.6. The Bertz CT molecular complexity index is 1170. The monoisotopic (exact) mass is 396 g/mol. The zero-order chi connectivity index (χ0) is 20.7. The highest BCUT2D eigenvalue weighted by Crippen LogP contribution is 2.30. The molecule has 2 N–H and O–H groups in total. The van der Waals surface area contributed by atoms with Crippen molar-refractivity contribution in [3.05, 3.63) is 65.5 Å². The number of hydrogen-bond donors (Lipinski definition) is 2. The summed E-state index contributed by atoms with van der Waals surface area (Å²) in [5.41, 5.74) is 1.25. The zero-order valence-electron chi connectivity index (χ0n) is 15.8. The van der Waals surface area contributed by atoms with Crippen molar-refractivity contribution in [2.45, 2.75) is 24.3 Å². The third-order valence-electron chi connectivity index (χ3n) is 4.68. The summed E-state index contributed by atoms with van der Waals surface area (Å²) in [5, 5.41) is 11.9. The van der Waals surface area contributed by atoms with E-state index >= 15 is 0 Å². The molecule has 0 aliphatic carbocycles. The molecule has 1 aliphatic heterocycles. The van der Waals surface area contributed by atoms with Crippen LogP contribution in [-0.2, 0) is 17.1 Å². The Kier molecular flexibility index (Phi) is 4.75. The normalized spacial score (nSPS) is 19.9. The molecule has 3 rings (SSSR count). The molecule has 28 heavy (non-hydrogen) atoms. The maximum Gasteiger partial charge on any atom is 0.272 e. The van der Waals surface area contributed by atoms with Crippen LogP contribution in [0.4, 0.5) is 5.69 Å². The summed E-state index contributed by atoms with van der Waals surface area (Å²) in [7, 11) is -2.24. The van der Waals surface area contributed by atoms with E-state index in [9.17, 15) is 13.2 Å². The van der Waals surface area contributed by atoms with Crippen molar-refractivity contribution in [2.24, 2.45) is 7.05 Å². The van der Waals surface area contributed by atoms with Crippen LogP contribution in [0.15, 0.2) is 48.0 Å². The van der Waals surface area contributed by atoms with Crippen molar-refractivity contribution >= 4 is 27.7 Å². The number of aryl methyl sites for hydroxylation is 2. The standard InChI is InChI=1S/C20H20N4O3S/c1-5-20(3)9-8-16-17(28(26,27)23-20)12-24(4)18(16)19(25)22-15-7-6-13(2)14(10-15)11-21/h5-10,12,23H,1H2,2-4H3,(H,22,25)/t20-/m1/s1. The van der Waals surface area contributed by atoms with Gasteiger partial charge in [0.05, 0.1) is 17.2 Å². The molecule has 0 radical (unpaired) electrons. The average molecular weight is 396 g/mol. The number of rotatable bonds is 3. The van der Waals surface area contributed by atoms with E-state index in [1.165, 1.54) is 16.8 Å². The molecule has 0 saturated carbocycles. The minimum Gasteiger partial charge on any atom is -0.345 e. The van der Waals surface area contributed by atoms with E-state index in [1.54, 1.807) is 51.2 Å². The Hall–Kier alpha value is -3.15. The fraction of sp³-hybridized carbons (Fsp3) is 0.200. The van der Waals surface area contributed by atoms with Crippen LogP contribution >= 0.6 is 0 Å². The summed E-state index contributed by atoms with van der Waals surface area (Å²) >= 11 is 0. The lowest BCUT2D eigenvalue weighted by Crippen LogP contribution is -2.41. The van der Waals surface area contributed by atoms with Gasteiger partial charge in [0.2, 0.25) is 10.0 Å². The van der Waals surface area contributed by atoms with Crippen LogP contribution in [0, 0.1) is 18.3 Å². The fourth-order valence-electron chi connectivity index (χ4n) is 3.03. The first-order chi connectivity index (χ1) is 13.1. The largest absolute Gasteiger partial charge is 0.345 e. The van der Waals surface area contributed by atoms with Crippen molar-refractivity contribution in [1.82, 2.24) is 9.29 Å². The molecule has 1 aromatic carbocycles. The number of benzene rings is 1. The summed E-state index contributed by atoms with van der Waals surface area (Å²) in [6, 6.07) is 7.09. The maximum atomic E-state index is 12.9. The number of carbonyl (C=O) groups excluding carboxylic acids is 1. The van der Waals surface area contributed by atoms with Crippen LogP contribution in [0.2, 0.25) is 0 Å². The molecule has 1 aromatic heterocycles. The van der Waals surface area contributed by atoms with Gasteiger partial charge >= 0.3 is 0 Å². The van der Waals surface area contributed by atoms with E-state index < -0.39 is 21.5 Å². The van der Waals surface area contributed by atoms with Gasteiger partial charge in [-0.1, -0.05) is 24.3 Å². The zero-order valence-corrected chi connectivity index (χ0v) is 16.6. The van der Waals surface area contributed by atoms with Crippen LogP contribution in [0.1, 0.15) is 34.1 Å². The molecule has 0 bridgehead atoms. The number of nitrogens with one attached hydrogen (secondary N) is 2. The highest BCUT2D eigenvalue weighted by molar-refractivity contribution is 7.89. The summed E-state index contributed by atoms with van der Waals surface area (Å²) in [6.45, 7) is 7.16. The van der Waals surface area contributed by atoms with Gasteiger partial charge in [-0.2, -0.15) is 9.98 Å². The quantitative estimate of drug-likeness (QED) is 0.779. The first-order valence-corrected chi connectivity index (χ1v) is 9.97. The minimum absolute atomic E-state index is 0.0172. The second-order valence-electron chi connectivity index (χ2n) is 6.89. The number of nitrogens with zero attached hydrogens (tertiary/aromatic N) is 2. The third-order valence-corrected chi connectivity index (χ3v) is 6.29. The summed E-state index contributed by atoms with van der Waals surface area (Å²) in [5.74, 6) is -0.474. The highest BCUT2D eigenvalue weighted by Gasteiger charge is 2.34. The van der Waals surface area contributed by atoms with Crippen molar-refractivity contribution in [3.63, 3.8) is 0 Å². The first-order valence-electron chi connectivity index (χ1n) is 8.48. The second kappa shape index (κ2) is 6.78. The van der Waals surface area contributed by atoms with Crippen LogP contribution < -0.4 is 10.0 Å². The van der Waals surface area contributed by atoms with Crippen molar-refractivity contribution in [2.75, 3.05) is 5.32 Å². The lowest BCUT2D eigenvalue weighted by Gasteiger charge is -2.21. The molecule has 7 nitrogen and oxygen atoms in total. The Morgan fingerprint density at radius 3 is 2.79 bits per heavy atom. The Morgan fingerprint density at radius 2 is 2.14 bits per heavy atom. The van der Waals surface area contributed by atoms with Crippen molar-refractivity contribution in [1.29, 1.82) is 5.26 Å². The second-order valence-corrected chi connectivity index (χ2v) is 8.54. The van der Waals surface area contributed by atoms with E-state index in [2.05, 4.69) is 22.7 Å². The maximum absolute atomic E-state index is 12.9. The van der Waals surface area contributed by atoms with Gasteiger partial charge in [0.25, 0.3) is 5.91 Å². The smallest absolute Gasteiger partial charge is 0.272 e. The lowest BCUT2D eigenvalue weighted by atomic mass is 10.0. The van der Waals surface area contributed by atoms with Gasteiger partial charge < -0.3 is 9.88 Å². The number of anilines is 1. The average Bonchev–Trinajstić information content (AvgIpc) is 2.94. The van der Waals surface area contributed by atoms with Gasteiger partial charge in [0.15, 0.2) is 0 Å². The molecule has 2 heterocycles. The van der Waals surface area contributed by atoms with Gasteiger partial charge in [0, 0.05) is 24.5 Å². The van der Waals surface area contributed by atoms with Crippen molar-refractivity contribution in [3.8, 4) is 6.07 Å². The van der Waals surface area contributed by atoms with Crippen LogP contribution in [0.3, 0.4) is 0 Å². The first kappa shape index (κ1) is 19.6. The molecular weight excluding hydrogens is 376 g/mol. The lowest BCUT2D eigenvalue weighted by molar-refractivity contribution is 0.101. The van der Waals surface area contributed by atoms with E-state index in [1.807, 2.05) is 0 Å². The molecule has 0 saturated heterocycles. The number of sulfonamides is 1. The minimum atomic E-state index is -3.85. The molecule has 1 amide bonds. The summed E-state index contributed by atoms with van der Waals surface area (Å²) in [4.78, 5) is 12.9. The van der Waals surface area contributed by atoms with Gasteiger partial charge in [-0.3, -0.25) is 4.79 Å². The molecular formula is C20H20N4O3S.